The Morgan fingerprint density at radius 1 is 1.38 bits per heavy atom. The van der Waals surface area contributed by atoms with Crippen LogP contribution in [0.15, 0.2) is 24.3 Å². The maximum Gasteiger partial charge on any atom is 0.326 e. The Hall–Kier alpha value is -2.50. The van der Waals surface area contributed by atoms with Crippen LogP contribution in [0.4, 0.5) is 0 Å². The van der Waals surface area contributed by atoms with Gasteiger partial charge in [0.25, 0.3) is 0 Å². The molecule has 1 aliphatic heterocycles. The molecule has 1 aliphatic rings. The number of carboxylic acid groups (broad SMARTS) is 1. The van der Waals surface area contributed by atoms with Crippen LogP contribution in [0, 0.1) is 0 Å². The Kier molecular flexibility index (Phi) is 4.47. The number of nitrogens with zero attached hydrogens (tertiary/aromatic N) is 1. The van der Waals surface area contributed by atoms with Crippen LogP contribution >= 0.6 is 0 Å². The van der Waals surface area contributed by atoms with Crippen molar-refractivity contribution in [2.75, 3.05) is 13.8 Å². The molecular weight excluding hydrogens is 274 g/mol. The molecule has 0 bridgehead atoms. The minimum Gasteiger partial charge on any atom is -0.480 e. The van der Waals surface area contributed by atoms with E-state index in [4.69, 9.17) is 14.6 Å². The fraction of sp³-hybridized carbons (Fsp3) is 0.333. The summed E-state index contributed by atoms with van der Waals surface area (Å²) < 4.78 is 10.5. The van der Waals surface area contributed by atoms with E-state index >= 15 is 0 Å². The molecule has 6 nitrogen and oxygen atoms in total. The molecule has 0 saturated carbocycles. The number of aliphatic carboxylic acids is 1. The molecule has 0 saturated heterocycles. The molecule has 0 aliphatic carbocycles. The second-order valence-electron chi connectivity index (χ2n) is 4.66. The predicted molar refractivity (Wildman–Crippen MR) is 76.1 cm³/mol. The number of carbonyl (C=O) groups is 2. The van der Waals surface area contributed by atoms with E-state index in [0.717, 1.165) is 5.56 Å². The number of rotatable bonds is 5. The van der Waals surface area contributed by atoms with Gasteiger partial charge in [0.1, 0.15) is 6.04 Å². The Morgan fingerprint density at radius 2 is 2.10 bits per heavy atom. The highest BCUT2D eigenvalue weighted by Gasteiger charge is 2.23. The van der Waals surface area contributed by atoms with E-state index in [1.807, 2.05) is 0 Å². The molecule has 1 heterocycles. The van der Waals surface area contributed by atoms with Crippen molar-refractivity contribution in [3.8, 4) is 11.5 Å². The molecule has 0 spiro atoms. The standard InChI is InChI=1S/C15H17NO5/c1-3-11(15(18)19)16(2)14(17)7-5-10-4-6-12-13(8-10)21-9-20-12/h4-8,11H,3,9H2,1-2H3,(H,18,19). The molecule has 0 fully saturated rings. The molecule has 6 heteroatoms. The average molecular weight is 291 g/mol. The molecule has 2 rings (SSSR count). The minimum absolute atomic E-state index is 0.195. The van der Waals surface area contributed by atoms with E-state index < -0.39 is 12.0 Å². The zero-order chi connectivity index (χ0) is 15.4. The molecule has 1 atom stereocenters. The molecule has 1 amide bonds. The van der Waals surface area contributed by atoms with E-state index in [0.29, 0.717) is 17.9 Å². The van der Waals surface area contributed by atoms with Crippen molar-refractivity contribution >= 4 is 18.0 Å². The van der Waals surface area contributed by atoms with Crippen LogP contribution in [0.25, 0.3) is 6.08 Å². The summed E-state index contributed by atoms with van der Waals surface area (Å²) in [5, 5.41) is 9.04. The van der Waals surface area contributed by atoms with Crippen LogP contribution in [0.5, 0.6) is 11.5 Å². The predicted octanol–water partition coefficient (Wildman–Crippen LogP) is 1.75. The first-order valence-electron chi connectivity index (χ1n) is 6.60. The van der Waals surface area contributed by atoms with Gasteiger partial charge < -0.3 is 19.5 Å². The summed E-state index contributed by atoms with van der Waals surface area (Å²) in [5.41, 5.74) is 0.782. The largest absolute Gasteiger partial charge is 0.480 e. The van der Waals surface area contributed by atoms with Crippen molar-refractivity contribution in [2.24, 2.45) is 0 Å². The number of fused-ring (bicyclic) bond motifs is 1. The zero-order valence-electron chi connectivity index (χ0n) is 11.9. The van der Waals surface area contributed by atoms with Crippen molar-refractivity contribution in [1.29, 1.82) is 0 Å². The smallest absolute Gasteiger partial charge is 0.326 e. The highest BCUT2D eigenvalue weighted by Crippen LogP contribution is 2.32. The zero-order valence-corrected chi connectivity index (χ0v) is 11.9. The Morgan fingerprint density at radius 3 is 2.76 bits per heavy atom. The Bertz CT molecular complexity index is 581. The normalized spacial score (nSPS) is 14.2. The average Bonchev–Trinajstić information content (AvgIpc) is 2.92. The number of likely N-dealkylation sites (N-methyl/N-ethyl adjacent to an activating group) is 1. The molecule has 1 N–H and O–H groups in total. The van der Waals surface area contributed by atoms with Gasteiger partial charge in [-0.3, -0.25) is 4.79 Å². The minimum atomic E-state index is -1.01. The number of carboxylic acids is 1. The number of hydrogen-bond acceptors (Lipinski definition) is 4. The van der Waals surface area contributed by atoms with Gasteiger partial charge in [-0.05, 0) is 30.2 Å². The van der Waals surface area contributed by atoms with Crippen LogP contribution < -0.4 is 9.47 Å². The van der Waals surface area contributed by atoms with Gasteiger partial charge in [-0.2, -0.15) is 0 Å². The summed E-state index contributed by atoms with van der Waals surface area (Å²) in [6, 6.07) is 4.51. The summed E-state index contributed by atoms with van der Waals surface area (Å²) in [7, 11) is 1.48. The van der Waals surface area contributed by atoms with Crippen molar-refractivity contribution in [1.82, 2.24) is 4.90 Å². The van der Waals surface area contributed by atoms with Crippen LogP contribution in [-0.4, -0.2) is 41.8 Å². The number of ether oxygens (including phenoxy) is 2. The van der Waals surface area contributed by atoms with Crippen LogP contribution in [0.2, 0.25) is 0 Å². The fourth-order valence-corrected chi connectivity index (χ4v) is 2.07. The molecule has 1 aromatic carbocycles. The lowest BCUT2D eigenvalue weighted by molar-refractivity contribution is -0.147. The second-order valence-corrected chi connectivity index (χ2v) is 4.66. The molecule has 0 radical (unpaired) electrons. The summed E-state index contributed by atoms with van der Waals surface area (Å²) in [4.78, 5) is 24.2. The number of carbonyl (C=O) groups excluding carboxylic acids is 1. The third-order valence-corrected chi connectivity index (χ3v) is 3.30. The first-order chi connectivity index (χ1) is 10.0. The molecule has 1 unspecified atom stereocenters. The van der Waals surface area contributed by atoms with Crippen molar-refractivity contribution in [3.63, 3.8) is 0 Å². The number of benzene rings is 1. The van der Waals surface area contributed by atoms with Crippen molar-refractivity contribution in [3.05, 3.63) is 29.8 Å². The molecule has 21 heavy (non-hydrogen) atoms. The lowest BCUT2D eigenvalue weighted by Gasteiger charge is -2.22. The Balaban J connectivity index is 2.06. The summed E-state index contributed by atoms with van der Waals surface area (Å²) in [6.45, 7) is 1.92. The van der Waals surface area contributed by atoms with Crippen molar-refractivity contribution < 1.29 is 24.2 Å². The summed E-state index contributed by atoms with van der Waals surface area (Å²) in [6.07, 6.45) is 3.33. The SMILES string of the molecule is CCC(C(=O)O)N(C)C(=O)C=Cc1ccc2c(c1)OCO2. The highest BCUT2D eigenvalue weighted by atomic mass is 16.7. The third-order valence-electron chi connectivity index (χ3n) is 3.30. The van der Waals surface area contributed by atoms with Gasteiger partial charge in [-0.15, -0.1) is 0 Å². The maximum absolute atomic E-state index is 12.0. The van der Waals surface area contributed by atoms with Crippen molar-refractivity contribution in [2.45, 2.75) is 19.4 Å². The second kappa shape index (κ2) is 6.30. The van der Waals surface area contributed by atoms with Gasteiger partial charge in [0.15, 0.2) is 11.5 Å². The number of hydrogen-bond donors (Lipinski definition) is 1. The van der Waals surface area contributed by atoms with E-state index in [2.05, 4.69) is 0 Å². The van der Waals surface area contributed by atoms with Crippen LogP contribution in [0.3, 0.4) is 0 Å². The van der Waals surface area contributed by atoms with Gasteiger partial charge in [0.2, 0.25) is 12.7 Å². The molecular formula is C15H17NO5. The molecule has 112 valence electrons. The third kappa shape index (κ3) is 3.34. The number of amides is 1. The fourth-order valence-electron chi connectivity index (χ4n) is 2.07. The quantitative estimate of drug-likeness (QED) is 0.836. The Labute approximate surface area is 122 Å². The topological polar surface area (TPSA) is 76.1 Å². The maximum atomic E-state index is 12.0. The molecule has 1 aromatic rings. The summed E-state index contributed by atoms with van der Waals surface area (Å²) in [5.74, 6) is -0.0609. The molecule has 0 aromatic heterocycles. The van der Waals surface area contributed by atoms with Gasteiger partial charge >= 0.3 is 5.97 Å². The van der Waals surface area contributed by atoms with E-state index in [-0.39, 0.29) is 12.7 Å². The van der Waals surface area contributed by atoms with Crippen LogP contribution in [-0.2, 0) is 9.59 Å². The lowest BCUT2D eigenvalue weighted by atomic mass is 10.1. The van der Waals surface area contributed by atoms with Gasteiger partial charge in [0, 0.05) is 13.1 Å². The van der Waals surface area contributed by atoms with Crippen LogP contribution in [0.1, 0.15) is 18.9 Å². The van der Waals surface area contributed by atoms with Gasteiger partial charge in [-0.1, -0.05) is 13.0 Å². The first kappa shape index (κ1) is 14.9. The monoisotopic (exact) mass is 291 g/mol. The highest BCUT2D eigenvalue weighted by molar-refractivity contribution is 5.94. The summed E-state index contributed by atoms with van der Waals surface area (Å²) >= 11 is 0. The van der Waals surface area contributed by atoms with E-state index in [1.165, 1.54) is 18.0 Å². The first-order valence-corrected chi connectivity index (χ1v) is 6.60. The van der Waals surface area contributed by atoms with Gasteiger partial charge in [0.05, 0.1) is 0 Å². The van der Waals surface area contributed by atoms with E-state index in [1.54, 1.807) is 31.2 Å². The van der Waals surface area contributed by atoms with Gasteiger partial charge in [-0.25, -0.2) is 4.79 Å². The lowest BCUT2D eigenvalue weighted by Crippen LogP contribution is -2.41. The van der Waals surface area contributed by atoms with E-state index in [9.17, 15) is 9.59 Å².